The number of carbonyl (C=O) groups is 6. The summed E-state index contributed by atoms with van der Waals surface area (Å²) in [6.07, 6.45) is 6.05. The van der Waals surface area contributed by atoms with Crippen LogP contribution in [0.3, 0.4) is 0 Å². The molecule has 2 amide bonds. The second-order valence-corrected chi connectivity index (χ2v) is 12.1. The minimum absolute atomic E-state index is 0.0434. The Hall–Kier alpha value is -4.74. The van der Waals surface area contributed by atoms with Crippen LogP contribution in [0.1, 0.15) is 28.8 Å². The summed E-state index contributed by atoms with van der Waals surface area (Å²) in [5.41, 5.74) is 5.38. The van der Waals surface area contributed by atoms with Crippen molar-refractivity contribution in [2.24, 2.45) is 29.4 Å². The standard InChI is InChI=1S/C33H31N3O8/c1-36(2)26-21-14-17-13-20-19(16-8-5-9-18(12-16)35-32(43)15-6-3-4-7-15)10-11-22(37)24(20)27(38)23(17)29(40)33(21,44)30(41)25(28(26)39)31(34)42/h3-6,8-12,17,21,23,25-26,37,44H,7,13-14H2,1-2H3,(H2,34,42)(H,35,43)/t17-,21-,23?,25?,26-,33-/m1/s1. The highest BCUT2D eigenvalue weighted by Gasteiger charge is 2.69. The Balaban J connectivity index is 1.40. The first-order valence-corrected chi connectivity index (χ1v) is 14.3. The smallest absolute Gasteiger partial charge is 0.251 e. The van der Waals surface area contributed by atoms with Gasteiger partial charge < -0.3 is 21.3 Å². The molecule has 0 radical (unpaired) electrons. The Labute approximate surface area is 252 Å². The lowest BCUT2D eigenvalue weighted by atomic mass is 9.52. The van der Waals surface area contributed by atoms with Crippen LogP contribution >= 0.6 is 0 Å². The maximum atomic E-state index is 14.0. The molecule has 2 aromatic carbocycles. The van der Waals surface area contributed by atoms with Crippen molar-refractivity contribution in [1.82, 2.24) is 4.90 Å². The van der Waals surface area contributed by atoms with Crippen molar-refractivity contribution in [1.29, 1.82) is 0 Å². The van der Waals surface area contributed by atoms with Gasteiger partial charge in [-0.15, -0.1) is 0 Å². The van der Waals surface area contributed by atoms with Crippen molar-refractivity contribution >= 4 is 40.6 Å². The van der Waals surface area contributed by atoms with E-state index in [1.807, 2.05) is 12.2 Å². The second kappa shape index (κ2) is 10.5. The average molecular weight is 598 g/mol. The summed E-state index contributed by atoms with van der Waals surface area (Å²) in [6, 6.07) is 8.85. The quantitative estimate of drug-likeness (QED) is 0.370. The largest absolute Gasteiger partial charge is 0.507 e. The molecular formula is C33H31N3O8. The summed E-state index contributed by atoms with van der Waals surface area (Å²) in [7, 11) is 3.08. The number of phenolic OH excluding ortho intramolecular Hbond substituents is 1. The minimum Gasteiger partial charge on any atom is -0.507 e. The number of nitrogens with two attached hydrogens (primary N) is 1. The van der Waals surface area contributed by atoms with Gasteiger partial charge in [0.15, 0.2) is 34.7 Å². The van der Waals surface area contributed by atoms with E-state index in [0.29, 0.717) is 34.4 Å². The molecule has 44 heavy (non-hydrogen) atoms. The zero-order valence-corrected chi connectivity index (χ0v) is 24.1. The molecule has 5 N–H and O–H groups in total. The number of likely N-dealkylation sites (N-methyl/N-ethyl adjacent to an activating group) is 1. The van der Waals surface area contributed by atoms with Crippen LogP contribution in [0.2, 0.25) is 0 Å². The number of fused-ring (bicyclic) bond motifs is 3. The van der Waals surface area contributed by atoms with E-state index >= 15 is 0 Å². The molecule has 0 bridgehead atoms. The number of benzene rings is 2. The van der Waals surface area contributed by atoms with E-state index in [1.54, 1.807) is 36.4 Å². The summed E-state index contributed by atoms with van der Waals surface area (Å²) < 4.78 is 0. The van der Waals surface area contributed by atoms with Crippen LogP contribution in [0.4, 0.5) is 5.69 Å². The summed E-state index contributed by atoms with van der Waals surface area (Å²) in [5.74, 6) is -11.2. The van der Waals surface area contributed by atoms with Gasteiger partial charge >= 0.3 is 0 Å². The molecule has 4 aliphatic carbocycles. The van der Waals surface area contributed by atoms with Gasteiger partial charge in [-0.3, -0.25) is 33.7 Å². The van der Waals surface area contributed by atoms with Crippen molar-refractivity contribution in [3.05, 3.63) is 71.3 Å². The number of ketones is 4. The highest BCUT2D eigenvalue weighted by atomic mass is 16.3. The fraction of sp³-hybridized carbons (Fsp3) is 0.333. The summed E-state index contributed by atoms with van der Waals surface area (Å²) in [4.78, 5) is 81.0. The van der Waals surface area contributed by atoms with Crippen LogP contribution in [-0.2, 0) is 30.4 Å². The maximum Gasteiger partial charge on any atom is 0.251 e. The number of amides is 2. The zero-order chi connectivity index (χ0) is 31.7. The molecule has 226 valence electrons. The third-order valence-electron chi connectivity index (χ3n) is 9.44. The lowest BCUT2D eigenvalue weighted by Crippen LogP contribution is -2.74. The molecule has 2 saturated carbocycles. The molecule has 2 unspecified atom stereocenters. The van der Waals surface area contributed by atoms with E-state index in [2.05, 4.69) is 5.32 Å². The lowest BCUT2D eigenvalue weighted by molar-refractivity contribution is -0.181. The van der Waals surface area contributed by atoms with Gasteiger partial charge in [0.2, 0.25) is 5.91 Å². The predicted octanol–water partition coefficient (Wildman–Crippen LogP) is 1.36. The van der Waals surface area contributed by atoms with Crippen LogP contribution in [0.5, 0.6) is 5.75 Å². The Bertz CT molecular complexity index is 1740. The number of primary amides is 1. The number of allylic oxidation sites excluding steroid dienone is 3. The number of anilines is 1. The van der Waals surface area contributed by atoms with Crippen LogP contribution in [0.15, 0.2) is 60.2 Å². The van der Waals surface area contributed by atoms with Gasteiger partial charge in [-0.1, -0.05) is 36.4 Å². The van der Waals surface area contributed by atoms with E-state index in [4.69, 9.17) is 5.73 Å². The minimum atomic E-state index is -2.78. The topological polar surface area (TPSA) is 184 Å². The van der Waals surface area contributed by atoms with Crippen LogP contribution in [-0.4, -0.2) is 75.8 Å². The number of hydrogen-bond donors (Lipinski definition) is 4. The van der Waals surface area contributed by atoms with Crippen LogP contribution < -0.4 is 11.1 Å². The SMILES string of the molecule is CN(C)[C@H]1C(=O)C(C(N)=O)C(=O)[C@]2(O)C(=O)C3C(=O)c4c(O)ccc(-c5cccc(NC(=O)C6=CC=CC6)c5)c4C[C@@H]3C[C@H]12. The normalized spacial score (nSPS) is 29.2. The number of rotatable bonds is 5. The third-order valence-corrected chi connectivity index (χ3v) is 9.44. The van der Waals surface area contributed by atoms with Gasteiger partial charge in [-0.25, -0.2) is 0 Å². The first kappa shape index (κ1) is 29.3. The fourth-order valence-corrected chi connectivity index (χ4v) is 7.47. The molecule has 11 heteroatoms. The van der Waals surface area contributed by atoms with Gasteiger partial charge in [0.1, 0.15) is 5.75 Å². The Morgan fingerprint density at radius 2 is 1.82 bits per heavy atom. The van der Waals surface area contributed by atoms with E-state index in [1.165, 1.54) is 25.1 Å². The number of nitrogens with zero attached hydrogens (tertiary/aromatic N) is 1. The van der Waals surface area contributed by atoms with Gasteiger partial charge in [0.25, 0.3) is 5.91 Å². The highest BCUT2D eigenvalue weighted by Crippen LogP contribution is 2.51. The molecule has 0 aliphatic heterocycles. The predicted molar refractivity (Wildman–Crippen MR) is 157 cm³/mol. The number of aliphatic hydroxyl groups is 1. The third kappa shape index (κ3) is 4.26. The second-order valence-electron chi connectivity index (χ2n) is 12.1. The molecule has 0 aromatic heterocycles. The van der Waals surface area contributed by atoms with E-state index < -0.39 is 64.4 Å². The monoisotopic (exact) mass is 597 g/mol. The van der Waals surface area contributed by atoms with Crippen molar-refractivity contribution in [2.45, 2.75) is 30.9 Å². The molecule has 0 saturated heterocycles. The van der Waals surface area contributed by atoms with E-state index in [9.17, 15) is 39.0 Å². The molecule has 2 aromatic rings. The maximum absolute atomic E-state index is 14.0. The van der Waals surface area contributed by atoms with E-state index in [0.717, 1.165) is 0 Å². The van der Waals surface area contributed by atoms with Crippen molar-refractivity contribution in [2.75, 3.05) is 19.4 Å². The van der Waals surface area contributed by atoms with Crippen molar-refractivity contribution in [3.63, 3.8) is 0 Å². The Morgan fingerprint density at radius 1 is 1.07 bits per heavy atom. The van der Waals surface area contributed by atoms with Crippen LogP contribution in [0.25, 0.3) is 11.1 Å². The van der Waals surface area contributed by atoms with Crippen molar-refractivity contribution < 1.29 is 39.0 Å². The molecule has 0 heterocycles. The highest BCUT2D eigenvalue weighted by molar-refractivity contribution is 6.32. The molecular weight excluding hydrogens is 566 g/mol. The number of carbonyl (C=O) groups excluding carboxylic acids is 6. The molecule has 11 nitrogen and oxygen atoms in total. The van der Waals surface area contributed by atoms with Gasteiger partial charge in [-0.2, -0.15) is 0 Å². The van der Waals surface area contributed by atoms with E-state index in [-0.39, 0.29) is 30.1 Å². The number of hydrogen-bond acceptors (Lipinski definition) is 9. The Kier molecular flexibility index (Phi) is 6.97. The van der Waals surface area contributed by atoms with Gasteiger partial charge in [0.05, 0.1) is 17.5 Å². The molecule has 6 atom stereocenters. The molecule has 0 spiro atoms. The first-order valence-electron chi connectivity index (χ1n) is 14.3. The molecule has 6 rings (SSSR count). The van der Waals surface area contributed by atoms with Crippen LogP contribution in [0, 0.1) is 23.7 Å². The number of phenols is 1. The first-order chi connectivity index (χ1) is 20.9. The zero-order valence-electron chi connectivity index (χ0n) is 24.1. The molecule has 4 aliphatic rings. The summed E-state index contributed by atoms with van der Waals surface area (Å²) in [6.45, 7) is 0. The summed E-state index contributed by atoms with van der Waals surface area (Å²) >= 11 is 0. The Morgan fingerprint density at radius 3 is 2.48 bits per heavy atom. The van der Waals surface area contributed by atoms with Gasteiger partial charge in [0, 0.05) is 17.2 Å². The van der Waals surface area contributed by atoms with Gasteiger partial charge in [-0.05, 0) is 74.2 Å². The number of aromatic hydroxyl groups is 1. The summed E-state index contributed by atoms with van der Waals surface area (Å²) in [5, 5.41) is 25.4. The van der Waals surface area contributed by atoms with Crippen molar-refractivity contribution in [3.8, 4) is 16.9 Å². The average Bonchev–Trinajstić information content (AvgIpc) is 3.50. The lowest BCUT2D eigenvalue weighted by Gasteiger charge is -2.52. The fourth-order valence-electron chi connectivity index (χ4n) is 7.47. The number of nitrogens with one attached hydrogen (secondary N) is 1. The molecule has 2 fully saturated rings. The number of Topliss-reactive ketones (excluding diaryl/α,β-unsaturated/α-hetero) is 4.